The van der Waals surface area contributed by atoms with E-state index in [0.717, 1.165) is 16.0 Å². The lowest BCUT2D eigenvalue weighted by Crippen LogP contribution is -2.19. The molecule has 148 valence electrons. The van der Waals surface area contributed by atoms with Crippen LogP contribution in [0.5, 0.6) is 5.75 Å². The zero-order valence-corrected chi connectivity index (χ0v) is 17.7. The number of benzene rings is 3. The Hall–Kier alpha value is -2.47. The molecule has 0 unspecified atom stereocenters. The van der Waals surface area contributed by atoms with Crippen molar-refractivity contribution >= 4 is 47.1 Å². The number of thioether (sulfide) groups is 1. The van der Waals surface area contributed by atoms with Crippen LogP contribution in [0.4, 0.5) is 0 Å². The zero-order valence-electron chi connectivity index (χ0n) is 15.3. The Morgan fingerprint density at radius 2 is 1.62 bits per heavy atom. The van der Waals surface area contributed by atoms with Crippen molar-refractivity contribution in [1.29, 1.82) is 0 Å². The van der Waals surface area contributed by atoms with Crippen molar-refractivity contribution in [1.82, 2.24) is 5.43 Å². The van der Waals surface area contributed by atoms with E-state index in [1.54, 1.807) is 18.3 Å². The first kappa shape index (κ1) is 21.2. The minimum atomic E-state index is -0.194. The third kappa shape index (κ3) is 7.13. The van der Waals surface area contributed by atoms with Gasteiger partial charge in [-0.25, -0.2) is 5.43 Å². The second-order valence-corrected chi connectivity index (χ2v) is 7.91. The lowest BCUT2D eigenvalue weighted by atomic mass is 10.2. The minimum Gasteiger partial charge on any atom is -0.488 e. The molecule has 0 saturated carbocycles. The summed E-state index contributed by atoms with van der Waals surface area (Å²) in [4.78, 5) is 12.9. The van der Waals surface area contributed by atoms with Gasteiger partial charge in [0.25, 0.3) is 0 Å². The summed E-state index contributed by atoms with van der Waals surface area (Å²) in [6.07, 6.45) is 1.57. The summed E-state index contributed by atoms with van der Waals surface area (Å²) < 4.78 is 5.87. The summed E-state index contributed by atoms with van der Waals surface area (Å²) in [6.45, 7) is 0.409. The van der Waals surface area contributed by atoms with Crippen LogP contribution in [0.1, 0.15) is 11.1 Å². The molecule has 3 aromatic rings. The Balaban J connectivity index is 1.51. The highest BCUT2D eigenvalue weighted by molar-refractivity contribution is 8.00. The van der Waals surface area contributed by atoms with Crippen molar-refractivity contribution < 1.29 is 9.53 Å². The highest BCUT2D eigenvalue weighted by Crippen LogP contribution is 2.20. The van der Waals surface area contributed by atoms with Gasteiger partial charge >= 0.3 is 0 Å². The second kappa shape index (κ2) is 10.9. The van der Waals surface area contributed by atoms with Crippen LogP contribution in [-0.2, 0) is 11.4 Å². The van der Waals surface area contributed by atoms with E-state index in [2.05, 4.69) is 10.5 Å². The fourth-order valence-electron chi connectivity index (χ4n) is 2.35. The van der Waals surface area contributed by atoms with E-state index in [-0.39, 0.29) is 11.7 Å². The fraction of sp³-hybridized carbons (Fsp3) is 0.0909. The Labute approximate surface area is 183 Å². The van der Waals surface area contributed by atoms with Gasteiger partial charge in [-0.15, -0.1) is 11.8 Å². The van der Waals surface area contributed by atoms with E-state index in [9.17, 15) is 4.79 Å². The van der Waals surface area contributed by atoms with Crippen LogP contribution in [-0.4, -0.2) is 17.9 Å². The number of halogens is 2. The van der Waals surface area contributed by atoms with Gasteiger partial charge in [0.05, 0.1) is 12.0 Å². The molecule has 3 rings (SSSR count). The molecule has 0 aromatic heterocycles. The number of carbonyl (C=O) groups excluding carboxylic acids is 1. The third-order valence-electron chi connectivity index (χ3n) is 3.80. The standard InChI is InChI=1S/C22H18Cl2N2O2S/c23-18-7-5-16(6-8-18)14-28-21-4-2-1-3-17(21)13-25-26-22(27)15-29-20-11-9-19(24)10-12-20/h1-13H,14-15H2,(H,26,27)/b25-13-. The minimum absolute atomic E-state index is 0.194. The van der Waals surface area contributed by atoms with Gasteiger partial charge in [0.1, 0.15) is 12.4 Å². The number of hydrazone groups is 1. The molecule has 0 radical (unpaired) electrons. The topological polar surface area (TPSA) is 50.7 Å². The van der Waals surface area contributed by atoms with Crippen molar-refractivity contribution in [2.45, 2.75) is 11.5 Å². The number of ether oxygens (including phenoxy) is 1. The molecule has 0 bridgehead atoms. The molecule has 1 N–H and O–H groups in total. The first-order chi connectivity index (χ1) is 14.1. The molecule has 29 heavy (non-hydrogen) atoms. The maximum Gasteiger partial charge on any atom is 0.250 e. The molecule has 4 nitrogen and oxygen atoms in total. The van der Waals surface area contributed by atoms with Crippen molar-refractivity contribution in [3.8, 4) is 5.75 Å². The first-order valence-corrected chi connectivity index (χ1v) is 10.5. The molecule has 0 aliphatic heterocycles. The van der Waals surface area contributed by atoms with Crippen molar-refractivity contribution in [2.75, 3.05) is 5.75 Å². The molecule has 0 heterocycles. The molecule has 0 saturated heterocycles. The van der Waals surface area contributed by atoms with E-state index in [4.69, 9.17) is 27.9 Å². The van der Waals surface area contributed by atoms with Gasteiger partial charge in [-0.05, 0) is 54.1 Å². The highest BCUT2D eigenvalue weighted by atomic mass is 35.5. The van der Waals surface area contributed by atoms with E-state index in [0.29, 0.717) is 22.4 Å². The van der Waals surface area contributed by atoms with E-state index in [1.165, 1.54) is 11.8 Å². The summed E-state index contributed by atoms with van der Waals surface area (Å²) >= 11 is 13.2. The van der Waals surface area contributed by atoms with Gasteiger partial charge in [0, 0.05) is 20.5 Å². The molecule has 7 heteroatoms. The van der Waals surface area contributed by atoms with Crippen molar-refractivity contribution in [3.63, 3.8) is 0 Å². The molecule has 3 aromatic carbocycles. The van der Waals surface area contributed by atoms with E-state index >= 15 is 0 Å². The largest absolute Gasteiger partial charge is 0.488 e. The second-order valence-electron chi connectivity index (χ2n) is 5.99. The van der Waals surface area contributed by atoms with Crippen LogP contribution >= 0.6 is 35.0 Å². The van der Waals surface area contributed by atoms with Gasteiger partial charge in [-0.1, -0.05) is 47.5 Å². The summed E-state index contributed by atoms with van der Waals surface area (Å²) in [6, 6.07) is 22.3. The lowest BCUT2D eigenvalue weighted by molar-refractivity contribution is -0.118. The van der Waals surface area contributed by atoms with Crippen LogP contribution in [0.3, 0.4) is 0 Å². The first-order valence-electron chi connectivity index (χ1n) is 8.77. The van der Waals surface area contributed by atoms with Crippen LogP contribution in [0, 0.1) is 0 Å². The molecular formula is C22H18Cl2N2O2S. The average molecular weight is 445 g/mol. The monoisotopic (exact) mass is 444 g/mol. The predicted molar refractivity (Wildman–Crippen MR) is 120 cm³/mol. The molecular weight excluding hydrogens is 427 g/mol. The summed E-state index contributed by atoms with van der Waals surface area (Å²) in [7, 11) is 0. The molecule has 0 aliphatic rings. The SMILES string of the molecule is O=C(CSc1ccc(Cl)cc1)N/N=C\c1ccccc1OCc1ccc(Cl)cc1. The maximum absolute atomic E-state index is 12.0. The van der Waals surface area contributed by atoms with Gasteiger partial charge in [-0.3, -0.25) is 4.79 Å². The Morgan fingerprint density at radius 1 is 0.966 bits per heavy atom. The maximum atomic E-state index is 12.0. The Kier molecular flexibility index (Phi) is 7.99. The molecule has 0 fully saturated rings. The number of nitrogens with one attached hydrogen (secondary N) is 1. The molecule has 0 aliphatic carbocycles. The number of nitrogens with zero attached hydrogens (tertiary/aromatic N) is 1. The Morgan fingerprint density at radius 3 is 2.34 bits per heavy atom. The number of para-hydroxylation sites is 1. The Bertz CT molecular complexity index is 977. The lowest BCUT2D eigenvalue weighted by Gasteiger charge is -2.09. The van der Waals surface area contributed by atoms with Crippen molar-refractivity contribution in [3.05, 3.63) is 94.0 Å². The zero-order chi connectivity index (χ0) is 20.5. The number of hydrogen-bond donors (Lipinski definition) is 1. The van der Waals surface area contributed by atoms with Gasteiger partial charge in [0.2, 0.25) is 5.91 Å². The molecule has 0 spiro atoms. The average Bonchev–Trinajstić information content (AvgIpc) is 2.74. The van der Waals surface area contributed by atoms with E-state index in [1.807, 2.05) is 60.7 Å². The highest BCUT2D eigenvalue weighted by Gasteiger charge is 2.04. The van der Waals surface area contributed by atoms with Gasteiger partial charge < -0.3 is 4.74 Å². The van der Waals surface area contributed by atoms with Gasteiger partial charge in [-0.2, -0.15) is 5.10 Å². The van der Waals surface area contributed by atoms with Gasteiger partial charge in [0.15, 0.2) is 0 Å². The number of hydrogen-bond acceptors (Lipinski definition) is 4. The van der Waals surface area contributed by atoms with Crippen LogP contribution in [0.15, 0.2) is 82.8 Å². The van der Waals surface area contributed by atoms with Crippen molar-refractivity contribution in [2.24, 2.45) is 5.10 Å². The summed E-state index contributed by atoms with van der Waals surface area (Å²) in [5.41, 5.74) is 4.31. The quantitative estimate of drug-likeness (QED) is 0.270. The number of amides is 1. The normalized spacial score (nSPS) is 10.8. The fourth-order valence-corrected chi connectivity index (χ4v) is 3.29. The summed E-state index contributed by atoms with van der Waals surface area (Å²) in [5.74, 6) is 0.741. The third-order valence-corrected chi connectivity index (χ3v) is 5.32. The van der Waals surface area contributed by atoms with E-state index < -0.39 is 0 Å². The number of carbonyl (C=O) groups is 1. The number of rotatable bonds is 8. The molecule has 1 amide bonds. The smallest absolute Gasteiger partial charge is 0.250 e. The van der Waals surface area contributed by atoms with Crippen LogP contribution < -0.4 is 10.2 Å². The van der Waals surface area contributed by atoms with Crippen LogP contribution in [0.25, 0.3) is 0 Å². The molecule has 0 atom stereocenters. The predicted octanol–water partition coefficient (Wildman–Crippen LogP) is 5.81. The summed E-state index contributed by atoms with van der Waals surface area (Å²) in [5, 5.41) is 5.39. The van der Waals surface area contributed by atoms with Crippen LogP contribution in [0.2, 0.25) is 10.0 Å².